The van der Waals surface area contributed by atoms with E-state index >= 15 is 0 Å². The van der Waals surface area contributed by atoms with Gasteiger partial charge >= 0.3 is 0 Å². The van der Waals surface area contributed by atoms with E-state index in [0.717, 1.165) is 27.5 Å². The standard InChI is InChI=1S/C22H19N3OS2/c1-14-8-10-18(12-15(14)2)25(16(3)26)22-23-17(13-27-22)9-11-21-24-19-6-4-5-7-20(19)28-21/h4-13H,1-3H3/b11-9+. The van der Waals surface area contributed by atoms with E-state index in [0.29, 0.717) is 5.13 Å². The molecule has 2 heterocycles. The molecule has 28 heavy (non-hydrogen) atoms. The van der Waals surface area contributed by atoms with Crippen molar-refractivity contribution >= 4 is 61.8 Å². The van der Waals surface area contributed by atoms with E-state index in [1.165, 1.54) is 21.6 Å². The number of thiazole rings is 2. The summed E-state index contributed by atoms with van der Waals surface area (Å²) in [6.07, 6.45) is 3.91. The van der Waals surface area contributed by atoms with E-state index in [1.807, 2.05) is 60.9 Å². The van der Waals surface area contributed by atoms with Gasteiger partial charge in [0.2, 0.25) is 5.91 Å². The summed E-state index contributed by atoms with van der Waals surface area (Å²) < 4.78 is 1.17. The highest BCUT2D eigenvalue weighted by Crippen LogP contribution is 2.31. The van der Waals surface area contributed by atoms with Crippen molar-refractivity contribution in [2.75, 3.05) is 4.90 Å². The number of nitrogens with zero attached hydrogens (tertiary/aromatic N) is 3. The number of hydrogen-bond acceptors (Lipinski definition) is 5. The fraction of sp³-hybridized carbons (Fsp3) is 0.136. The minimum atomic E-state index is -0.0562. The summed E-state index contributed by atoms with van der Waals surface area (Å²) in [5.41, 5.74) is 5.01. The van der Waals surface area contributed by atoms with Crippen LogP contribution in [-0.4, -0.2) is 15.9 Å². The molecule has 0 N–H and O–H groups in total. The summed E-state index contributed by atoms with van der Waals surface area (Å²) in [5, 5.41) is 3.56. The van der Waals surface area contributed by atoms with Crippen LogP contribution in [0.2, 0.25) is 0 Å². The second kappa shape index (κ2) is 7.66. The van der Waals surface area contributed by atoms with E-state index in [1.54, 1.807) is 23.2 Å². The van der Waals surface area contributed by atoms with Gasteiger partial charge in [0.1, 0.15) is 5.01 Å². The number of rotatable bonds is 4. The maximum atomic E-state index is 12.3. The zero-order chi connectivity index (χ0) is 19.7. The molecule has 6 heteroatoms. The van der Waals surface area contributed by atoms with Crippen molar-refractivity contribution in [2.24, 2.45) is 0 Å². The minimum absolute atomic E-state index is 0.0562. The van der Waals surface area contributed by atoms with E-state index in [9.17, 15) is 4.79 Å². The zero-order valence-electron chi connectivity index (χ0n) is 15.8. The molecule has 140 valence electrons. The molecule has 4 rings (SSSR count). The maximum Gasteiger partial charge on any atom is 0.230 e. The molecule has 0 aliphatic carbocycles. The predicted molar refractivity (Wildman–Crippen MR) is 119 cm³/mol. The molecular formula is C22H19N3OS2. The van der Waals surface area contributed by atoms with Crippen molar-refractivity contribution in [1.29, 1.82) is 0 Å². The Hall–Kier alpha value is -2.83. The summed E-state index contributed by atoms with van der Waals surface area (Å²) in [6, 6.07) is 14.1. The molecule has 0 atom stereocenters. The Kier molecular flexibility index (Phi) is 5.07. The van der Waals surface area contributed by atoms with Gasteiger partial charge in [-0.3, -0.25) is 9.69 Å². The lowest BCUT2D eigenvalue weighted by atomic mass is 10.1. The molecule has 0 aliphatic rings. The van der Waals surface area contributed by atoms with Crippen molar-refractivity contribution in [2.45, 2.75) is 20.8 Å². The maximum absolute atomic E-state index is 12.3. The van der Waals surface area contributed by atoms with Gasteiger partial charge in [0.25, 0.3) is 0 Å². The third-order valence-corrected chi connectivity index (χ3v) is 6.32. The number of amides is 1. The molecule has 0 bridgehead atoms. The van der Waals surface area contributed by atoms with Gasteiger partial charge in [-0.15, -0.1) is 22.7 Å². The molecule has 0 unspecified atom stereocenters. The number of fused-ring (bicyclic) bond motifs is 1. The van der Waals surface area contributed by atoms with Crippen molar-refractivity contribution in [3.8, 4) is 0 Å². The number of carbonyl (C=O) groups is 1. The van der Waals surface area contributed by atoms with Crippen molar-refractivity contribution in [1.82, 2.24) is 9.97 Å². The molecule has 0 radical (unpaired) electrons. The number of para-hydroxylation sites is 1. The molecular weight excluding hydrogens is 386 g/mol. The van der Waals surface area contributed by atoms with E-state index in [-0.39, 0.29) is 5.91 Å². The molecule has 2 aromatic carbocycles. The largest absolute Gasteiger partial charge is 0.274 e. The van der Waals surface area contributed by atoms with Gasteiger partial charge < -0.3 is 0 Å². The van der Waals surface area contributed by atoms with Crippen LogP contribution in [0, 0.1) is 13.8 Å². The lowest BCUT2D eigenvalue weighted by Crippen LogP contribution is -2.22. The highest BCUT2D eigenvalue weighted by atomic mass is 32.1. The topological polar surface area (TPSA) is 46.1 Å². The average molecular weight is 406 g/mol. The SMILES string of the molecule is CC(=O)N(c1ccc(C)c(C)c1)c1nc(/C=C/c2nc3ccccc3s2)cs1. The Balaban J connectivity index is 1.61. The Morgan fingerprint density at radius 3 is 2.61 bits per heavy atom. The first-order valence-electron chi connectivity index (χ1n) is 8.88. The highest BCUT2D eigenvalue weighted by Gasteiger charge is 2.18. The first-order valence-corrected chi connectivity index (χ1v) is 10.6. The number of carbonyl (C=O) groups excluding carboxylic acids is 1. The van der Waals surface area contributed by atoms with Crippen molar-refractivity contribution < 1.29 is 4.79 Å². The third-order valence-electron chi connectivity index (χ3n) is 4.47. The molecule has 0 aliphatic heterocycles. The summed E-state index contributed by atoms with van der Waals surface area (Å²) in [7, 11) is 0. The van der Waals surface area contributed by atoms with Crippen LogP contribution in [0.15, 0.2) is 47.8 Å². The number of aryl methyl sites for hydroxylation is 2. The number of hydrogen-bond donors (Lipinski definition) is 0. The minimum Gasteiger partial charge on any atom is -0.274 e. The second-order valence-electron chi connectivity index (χ2n) is 6.53. The van der Waals surface area contributed by atoms with Crippen LogP contribution in [0.25, 0.3) is 22.4 Å². The van der Waals surface area contributed by atoms with Gasteiger partial charge in [-0.05, 0) is 61.4 Å². The predicted octanol–water partition coefficient (Wildman–Crippen LogP) is 6.22. The van der Waals surface area contributed by atoms with E-state index < -0.39 is 0 Å². The lowest BCUT2D eigenvalue weighted by Gasteiger charge is -2.19. The molecule has 0 spiro atoms. The van der Waals surface area contributed by atoms with Gasteiger partial charge in [0, 0.05) is 12.3 Å². The van der Waals surface area contributed by atoms with Gasteiger partial charge in [0.15, 0.2) is 5.13 Å². The zero-order valence-corrected chi connectivity index (χ0v) is 17.5. The first kappa shape index (κ1) is 18.5. The van der Waals surface area contributed by atoms with Crippen LogP contribution in [0.4, 0.5) is 10.8 Å². The fourth-order valence-corrected chi connectivity index (χ4v) is 4.59. The van der Waals surface area contributed by atoms with Crippen LogP contribution in [0.3, 0.4) is 0 Å². The van der Waals surface area contributed by atoms with E-state index in [4.69, 9.17) is 0 Å². The molecule has 4 nitrogen and oxygen atoms in total. The summed E-state index contributed by atoms with van der Waals surface area (Å²) in [5.74, 6) is -0.0562. The molecule has 0 saturated carbocycles. The van der Waals surface area contributed by atoms with Crippen molar-refractivity contribution in [3.05, 3.63) is 69.7 Å². The second-order valence-corrected chi connectivity index (χ2v) is 8.43. The molecule has 0 saturated heterocycles. The van der Waals surface area contributed by atoms with E-state index in [2.05, 4.69) is 23.0 Å². The van der Waals surface area contributed by atoms with Gasteiger partial charge in [0.05, 0.1) is 21.6 Å². The Bertz CT molecular complexity index is 1160. The number of anilines is 2. The van der Waals surface area contributed by atoms with Crippen LogP contribution >= 0.6 is 22.7 Å². The molecule has 0 fully saturated rings. The normalized spacial score (nSPS) is 11.4. The summed E-state index contributed by atoms with van der Waals surface area (Å²) in [4.78, 5) is 23.2. The monoisotopic (exact) mass is 405 g/mol. The Morgan fingerprint density at radius 2 is 1.86 bits per heavy atom. The average Bonchev–Trinajstić information content (AvgIpc) is 3.29. The van der Waals surface area contributed by atoms with Crippen LogP contribution in [0.1, 0.15) is 28.8 Å². The quantitative estimate of drug-likeness (QED) is 0.405. The third kappa shape index (κ3) is 3.74. The van der Waals surface area contributed by atoms with Crippen LogP contribution in [-0.2, 0) is 4.79 Å². The summed E-state index contributed by atoms with van der Waals surface area (Å²) >= 11 is 3.10. The fourth-order valence-electron chi connectivity index (χ4n) is 2.87. The molecule has 4 aromatic rings. The van der Waals surface area contributed by atoms with Crippen molar-refractivity contribution in [3.63, 3.8) is 0 Å². The molecule has 2 aromatic heterocycles. The number of aromatic nitrogens is 2. The first-order chi connectivity index (χ1) is 13.5. The van der Waals surface area contributed by atoms with Gasteiger partial charge in [-0.25, -0.2) is 9.97 Å². The smallest absolute Gasteiger partial charge is 0.230 e. The Labute approximate surface area is 171 Å². The van der Waals surface area contributed by atoms with Gasteiger partial charge in [-0.1, -0.05) is 18.2 Å². The van der Waals surface area contributed by atoms with Gasteiger partial charge in [-0.2, -0.15) is 0 Å². The lowest BCUT2D eigenvalue weighted by molar-refractivity contribution is -0.115. The van der Waals surface area contributed by atoms with Crippen LogP contribution in [0.5, 0.6) is 0 Å². The summed E-state index contributed by atoms with van der Waals surface area (Å²) in [6.45, 7) is 5.67. The molecule has 1 amide bonds. The Morgan fingerprint density at radius 1 is 1.04 bits per heavy atom. The number of benzene rings is 2. The van der Waals surface area contributed by atoms with Crippen LogP contribution < -0.4 is 4.90 Å². The highest BCUT2D eigenvalue weighted by molar-refractivity contribution is 7.19.